The number of nitrogens with zero attached hydrogens (tertiary/aromatic N) is 2. The van der Waals surface area contributed by atoms with Gasteiger partial charge in [0, 0.05) is 25.7 Å². The van der Waals surface area contributed by atoms with E-state index in [1.807, 2.05) is 22.8 Å². The highest BCUT2D eigenvalue weighted by atomic mass is 16.1. The molecule has 0 radical (unpaired) electrons. The molecular weight excluding hydrogens is 310 g/mol. The van der Waals surface area contributed by atoms with Crippen LogP contribution in [0.25, 0.3) is 11.0 Å². The summed E-state index contributed by atoms with van der Waals surface area (Å²) in [5.74, 6) is 0. The van der Waals surface area contributed by atoms with Crippen molar-refractivity contribution in [3.63, 3.8) is 0 Å². The Balaban J connectivity index is 1.41. The molecule has 134 valence electrons. The molecule has 1 aromatic heterocycles. The van der Waals surface area contributed by atoms with Crippen LogP contribution in [0.5, 0.6) is 0 Å². The van der Waals surface area contributed by atoms with Crippen molar-refractivity contribution in [1.82, 2.24) is 14.5 Å². The molecule has 0 spiro atoms. The van der Waals surface area contributed by atoms with E-state index in [-0.39, 0.29) is 5.69 Å². The Kier molecular flexibility index (Phi) is 5.07. The molecule has 0 bridgehead atoms. The number of para-hydroxylation sites is 2. The van der Waals surface area contributed by atoms with E-state index in [0.717, 1.165) is 43.5 Å². The second-order valence-corrected chi connectivity index (χ2v) is 7.64. The highest BCUT2D eigenvalue weighted by Gasteiger charge is 2.23. The molecule has 4 nitrogen and oxygen atoms in total. The maximum absolute atomic E-state index is 12.4. The number of fused-ring (bicyclic) bond motifs is 1. The monoisotopic (exact) mass is 339 g/mol. The highest BCUT2D eigenvalue weighted by Crippen LogP contribution is 2.26. The molecule has 1 aliphatic heterocycles. The first-order valence-electron chi connectivity index (χ1n) is 9.91. The zero-order chi connectivity index (χ0) is 17.1. The van der Waals surface area contributed by atoms with Crippen LogP contribution in [0.1, 0.15) is 57.4 Å². The highest BCUT2D eigenvalue weighted by molar-refractivity contribution is 5.75. The number of nitrogens with one attached hydrogen (secondary N) is 1. The van der Waals surface area contributed by atoms with Gasteiger partial charge in [-0.1, -0.05) is 36.6 Å². The van der Waals surface area contributed by atoms with Crippen LogP contribution in [0.3, 0.4) is 0 Å². The number of piperidine rings is 1. The molecule has 2 aromatic rings. The fourth-order valence-electron chi connectivity index (χ4n) is 4.46. The first kappa shape index (κ1) is 16.6. The van der Waals surface area contributed by atoms with Gasteiger partial charge in [-0.2, -0.15) is 0 Å². The van der Waals surface area contributed by atoms with Gasteiger partial charge in [-0.3, -0.25) is 9.47 Å². The van der Waals surface area contributed by atoms with Crippen LogP contribution < -0.4 is 5.69 Å². The average Bonchev–Trinajstić information content (AvgIpc) is 2.94. The van der Waals surface area contributed by atoms with Gasteiger partial charge in [-0.05, 0) is 50.7 Å². The molecule has 2 heterocycles. The summed E-state index contributed by atoms with van der Waals surface area (Å²) in [5.41, 5.74) is 3.69. The average molecular weight is 339 g/mol. The second-order valence-electron chi connectivity index (χ2n) is 7.64. The molecule has 4 rings (SSSR count). The molecular formula is C21H29N3O. The standard InChI is InChI=1S/C21H29N3O/c25-21-22-19-10-6-7-11-20(19)24(21)18-12-14-23(15-13-18)16-17-8-4-2-1-3-5-9-17/h6-8,10-11,18H,1-5,9,12-16H2,(H,22,25). The van der Waals surface area contributed by atoms with E-state index in [1.54, 1.807) is 5.57 Å². The second kappa shape index (κ2) is 7.61. The number of likely N-dealkylation sites (tertiary alicyclic amines) is 1. The van der Waals surface area contributed by atoms with Crippen LogP contribution in [0.2, 0.25) is 0 Å². The zero-order valence-corrected chi connectivity index (χ0v) is 15.0. The summed E-state index contributed by atoms with van der Waals surface area (Å²) in [4.78, 5) is 18.0. The number of allylic oxidation sites excluding steroid dienone is 1. The van der Waals surface area contributed by atoms with Gasteiger partial charge in [-0.15, -0.1) is 0 Å². The fourth-order valence-corrected chi connectivity index (χ4v) is 4.46. The molecule has 1 aliphatic carbocycles. The first-order chi connectivity index (χ1) is 12.3. The van der Waals surface area contributed by atoms with Crippen molar-refractivity contribution in [2.24, 2.45) is 0 Å². The summed E-state index contributed by atoms with van der Waals surface area (Å²) in [6.45, 7) is 3.32. The van der Waals surface area contributed by atoms with Gasteiger partial charge < -0.3 is 4.98 Å². The van der Waals surface area contributed by atoms with Gasteiger partial charge in [0.05, 0.1) is 11.0 Å². The van der Waals surface area contributed by atoms with Gasteiger partial charge in [0.1, 0.15) is 0 Å². The third kappa shape index (κ3) is 3.74. The van der Waals surface area contributed by atoms with Crippen molar-refractivity contribution >= 4 is 11.0 Å². The predicted molar refractivity (Wildman–Crippen MR) is 103 cm³/mol. The van der Waals surface area contributed by atoms with E-state index in [4.69, 9.17) is 0 Å². The summed E-state index contributed by atoms with van der Waals surface area (Å²) in [7, 11) is 0. The summed E-state index contributed by atoms with van der Waals surface area (Å²) >= 11 is 0. The minimum atomic E-state index is 0.0439. The van der Waals surface area contributed by atoms with Crippen molar-refractivity contribution in [2.75, 3.05) is 19.6 Å². The van der Waals surface area contributed by atoms with E-state index in [1.165, 1.54) is 38.5 Å². The van der Waals surface area contributed by atoms with Crippen molar-refractivity contribution < 1.29 is 0 Å². The maximum Gasteiger partial charge on any atom is 0.326 e. The van der Waals surface area contributed by atoms with E-state index >= 15 is 0 Å². The van der Waals surface area contributed by atoms with Crippen LogP contribution in [0.4, 0.5) is 0 Å². The molecule has 0 unspecified atom stereocenters. The smallest absolute Gasteiger partial charge is 0.306 e. The zero-order valence-electron chi connectivity index (χ0n) is 15.0. The van der Waals surface area contributed by atoms with Gasteiger partial charge in [0.2, 0.25) is 0 Å². The van der Waals surface area contributed by atoms with Gasteiger partial charge in [-0.25, -0.2) is 4.79 Å². The van der Waals surface area contributed by atoms with E-state index in [0.29, 0.717) is 6.04 Å². The number of imidazole rings is 1. The number of H-pyrrole nitrogens is 1. The Morgan fingerprint density at radius 1 is 1.04 bits per heavy atom. The topological polar surface area (TPSA) is 41.0 Å². The van der Waals surface area contributed by atoms with Crippen LogP contribution in [-0.4, -0.2) is 34.1 Å². The Hall–Kier alpha value is -1.81. The van der Waals surface area contributed by atoms with Crippen molar-refractivity contribution in [2.45, 2.75) is 57.4 Å². The lowest BCUT2D eigenvalue weighted by molar-refractivity contribution is 0.198. The first-order valence-corrected chi connectivity index (χ1v) is 9.91. The van der Waals surface area contributed by atoms with E-state index < -0.39 is 0 Å². The van der Waals surface area contributed by atoms with Crippen LogP contribution >= 0.6 is 0 Å². The van der Waals surface area contributed by atoms with Crippen LogP contribution in [-0.2, 0) is 0 Å². The largest absolute Gasteiger partial charge is 0.326 e. The van der Waals surface area contributed by atoms with Crippen molar-refractivity contribution in [3.05, 3.63) is 46.4 Å². The molecule has 1 saturated heterocycles. The third-order valence-corrected chi connectivity index (χ3v) is 5.86. The van der Waals surface area contributed by atoms with Gasteiger partial charge >= 0.3 is 5.69 Å². The predicted octanol–water partition coefficient (Wildman–Crippen LogP) is 4.25. The quantitative estimate of drug-likeness (QED) is 0.850. The number of hydrogen-bond donors (Lipinski definition) is 1. The molecule has 2 aliphatic rings. The number of benzene rings is 1. The summed E-state index contributed by atoms with van der Waals surface area (Å²) in [5, 5.41) is 0. The van der Waals surface area contributed by atoms with Crippen molar-refractivity contribution in [1.29, 1.82) is 0 Å². The SMILES string of the molecule is O=c1[nH]c2ccccc2n1C1CCN(CC2=CCCCCCC2)CC1. The van der Waals surface area contributed by atoms with Crippen molar-refractivity contribution in [3.8, 4) is 0 Å². The Morgan fingerprint density at radius 2 is 1.84 bits per heavy atom. The lowest BCUT2D eigenvalue weighted by Crippen LogP contribution is -2.38. The van der Waals surface area contributed by atoms with E-state index in [9.17, 15) is 4.79 Å². The van der Waals surface area contributed by atoms with Gasteiger partial charge in [0.15, 0.2) is 0 Å². The molecule has 1 N–H and O–H groups in total. The molecule has 0 amide bonds. The number of hydrogen-bond acceptors (Lipinski definition) is 2. The number of rotatable bonds is 3. The normalized spacial score (nSPS) is 21.0. The summed E-state index contributed by atoms with van der Waals surface area (Å²) in [6, 6.07) is 8.37. The number of aromatic nitrogens is 2. The van der Waals surface area contributed by atoms with Gasteiger partial charge in [0.25, 0.3) is 0 Å². The summed E-state index contributed by atoms with van der Waals surface area (Å²) < 4.78 is 1.99. The molecule has 25 heavy (non-hydrogen) atoms. The van der Waals surface area contributed by atoms with Crippen LogP contribution in [0, 0.1) is 0 Å². The molecule has 0 atom stereocenters. The van der Waals surface area contributed by atoms with Crippen LogP contribution in [0.15, 0.2) is 40.7 Å². The minimum Gasteiger partial charge on any atom is -0.306 e. The molecule has 4 heteroatoms. The lowest BCUT2D eigenvalue weighted by Gasteiger charge is -2.33. The molecule has 1 aromatic carbocycles. The van der Waals surface area contributed by atoms with E-state index in [2.05, 4.69) is 22.0 Å². The Labute approximate surface area is 149 Å². The Bertz CT molecular complexity index is 793. The maximum atomic E-state index is 12.4. The third-order valence-electron chi connectivity index (χ3n) is 5.86. The summed E-state index contributed by atoms with van der Waals surface area (Å²) in [6.07, 6.45) is 12.7. The lowest BCUT2D eigenvalue weighted by atomic mass is 9.98. The minimum absolute atomic E-state index is 0.0439. The Morgan fingerprint density at radius 3 is 2.72 bits per heavy atom. The molecule has 0 saturated carbocycles. The fraction of sp³-hybridized carbons (Fsp3) is 0.571. The number of aromatic amines is 1. The molecule has 1 fully saturated rings.